The van der Waals surface area contributed by atoms with E-state index in [0.29, 0.717) is 11.6 Å². The highest BCUT2D eigenvalue weighted by atomic mass is 16.5. The van der Waals surface area contributed by atoms with E-state index in [2.05, 4.69) is 382 Å². The van der Waals surface area contributed by atoms with Gasteiger partial charge < -0.3 is 9.47 Å². The number of para-hydroxylation sites is 1. The third-order valence-electron chi connectivity index (χ3n) is 23.3. The fourth-order valence-corrected chi connectivity index (χ4v) is 18.2. The van der Waals surface area contributed by atoms with Gasteiger partial charge in [0.15, 0.2) is 11.6 Å². The quantitative estimate of drug-likeness (QED) is 0.129. The molecule has 0 atom stereocenters. The van der Waals surface area contributed by atoms with Gasteiger partial charge in [0.05, 0.1) is 33.6 Å². The van der Waals surface area contributed by atoms with Gasteiger partial charge in [0.2, 0.25) is 0 Å². The second-order valence-corrected chi connectivity index (χ2v) is 29.4. The van der Waals surface area contributed by atoms with Crippen LogP contribution in [0, 0.1) is 0 Å². The first kappa shape index (κ1) is 64.5. The van der Waals surface area contributed by atoms with E-state index in [4.69, 9.17) is 29.4 Å². The normalized spacial score (nSPS) is 13.1. The molecule has 4 heterocycles. The Morgan fingerprint density at radius 1 is 0.152 bits per heavy atom. The molecule has 0 fully saturated rings. The van der Waals surface area contributed by atoms with Gasteiger partial charge in [0, 0.05) is 55.6 Å². The minimum absolute atomic E-state index is 0.534. The van der Waals surface area contributed by atoms with Crippen LogP contribution < -0.4 is 9.47 Å². The zero-order chi connectivity index (χ0) is 73.9. The van der Waals surface area contributed by atoms with E-state index in [1.807, 2.05) is 18.2 Å². The Hall–Kier alpha value is -14.7. The van der Waals surface area contributed by atoms with Gasteiger partial charge >= 0.3 is 0 Å². The highest BCUT2D eigenvalue weighted by Crippen LogP contribution is 2.65. The number of benzene rings is 16. The molecule has 522 valence electrons. The second kappa shape index (κ2) is 26.0. The first-order valence-corrected chi connectivity index (χ1v) is 38.2. The van der Waals surface area contributed by atoms with Crippen molar-refractivity contribution in [3.8, 4) is 169 Å². The summed E-state index contributed by atoms with van der Waals surface area (Å²) in [5.41, 5.74) is 33.1. The zero-order valence-corrected chi connectivity index (χ0v) is 60.7. The van der Waals surface area contributed by atoms with Gasteiger partial charge in [-0.05, 0) is 149 Å². The molecular formula is C106H66N4O2. The van der Waals surface area contributed by atoms with Crippen molar-refractivity contribution in [1.29, 1.82) is 0 Å². The van der Waals surface area contributed by atoms with Crippen LogP contribution in [0.25, 0.3) is 146 Å². The number of nitrogens with zero attached hydrogens (tertiary/aromatic N) is 4. The Kier molecular flexibility index (Phi) is 15.0. The maximum atomic E-state index is 7.42. The lowest BCUT2D eigenvalue weighted by atomic mass is 9.65. The summed E-state index contributed by atoms with van der Waals surface area (Å²) in [6.45, 7) is 0. The van der Waals surface area contributed by atoms with Crippen LogP contribution in [0.15, 0.2) is 400 Å². The van der Waals surface area contributed by atoms with Gasteiger partial charge in [-0.15, -0.1) is 0 Å². The standard InChI is InChI=1S/C106H66N4O2/c1-4-24-67(25-5-1)74-30-22-32-79(60-74)97-65-95(71-50-46-68(47-51-71)76-54-57-92-100(62-76)111-99-45-21-20-44-91(99)105(92)87-40-16-12-35-82(87)83-36-13-17-41-88(83)105)108-104(109-97)80-33-23-31-75(61-80)78-56-59-94-102(64-78)112-101-63-77(55-58-93(101)106(94)89-42-18-14-37-84(89)85-38-15-19-43-90(85)106)69-48-52-72(53-49-69)96-66-98(110-103(107-96)73-28-8-3-9-29-73)86-39-11-10-34-81(86)70-26-6-2-7-27-70/h1-66H. The van der Waals surface area contributed by atoms with Crippen molar-refractivity contribution in [3.63, 3.8) is 0 Å². The van der Waals surface area contributed by atoms with Crippen molar-refractivity contribution in [1.82, 2.24) is 19.9 Å². The van der Waals surface area contributed by atoms with Crippen molar-refractivity contribution in [2.45, 2.75) is 10.8 Å². The molecule has 0 N–H and O–H groups in total. The zero-order valence-electron chi connectivity index (χ0n) is 60.7. The van der Waals surface area contributed by atoms with Crippen LogP contribution in [-0.4, -0.2) is 19.9 Å². The van der Waals surface area contributed by atoms with Gasteiger partial charge in [0.1, 0.15) is 23.0 Å². The van der Waals surface area contributed by atoms with Crippen LogP contribution in [-0.2, 0) is 10.8 Å². The van der Waals surface area contributed by atoms with Crippen LogP contribution in [0.4, 0.5) is 0 Å². The number of hydrogen-bond acceptors (Lipinski definition) is 6. The first-order chi connectivity index (χ1) is 55.5. The van der Waals surface area contributed by atoms with E-state index in [1.165, 1.54) is 44.5 Å². The summed E-state index contributed by atoms with van der Waals surface area (Å²) in [5, 5.41) is 0. The van der Waals surface area contributed by atoms with E-state index in [0.717, 1.165) is 157 Å². The molecule has 2 aromatic heterocycles. The van der Waals surface area contributed by atoms with Crippen LogP contribution in [0.2, 0.25) is 0 Å². The number of ether oxygens (including phenoxy) is 2. The molecule has 2 aliphatic carbocycles. The Morgan fingerprint density at radius 2 is 0.438 bits per heavy atom. The molecule has 22 rings (SSSR count). The minimum Gasteiger partial charge on any atom is -0.457 e. The average Bonchev–Trinajstić information content (AvgIpc) is 1.50. The van der Waals surface area contributed by atoms with Crippen molar-refractivity contribution in [2.75, 3.05) is 0 Å². The Balaban J connectivity index is 0.624. The largest absolute Gasteiger partial charge is 0.457 e. The van der Waals surface area contributed by atoms with E-state index in [9.17, 15) is 0 Å². The lowest BCUT2D eigenvalue weighted by molar-refractivity contribution is 0.436. The fraction of sp³-hybridized carbons (Fsp3) is 0.0189. The molecule has 0 unspecified atom stereocenters. The lowest BCUT2D eigenvalue weighted by Gasteiger charge is -2.39. The number of aromatic nitrogens is 4. The van der Waals surface area contributed by atoms with Gasteiger partial charge in [-0.1, -0.05) is 352 Å². The maximum Gasteiger partial charge on any atom is 0.160 e. The van der Waals surface area contributed by atoms with Crippen molar-refractivity contribution >= 4 is 0 Å². The summed E-state index contributed by atoms with van der Waals surface area (Å²) in [6, 6.07) is 143. The predicted molar refractivity (Wildman–Crippen MR) is 452 cm³/mol. The molecule has 0 saturated carbocycles. The number of rotatable bonds is 11. The Bertz CT molecular complexity index is 6720. The molecule has 18 aromatic rings. The Morgan fingerprint density at radius 3 is 0.938 bits per heavy atom. The lowest BCUT2D eigenvalue weighted by Crippen LogP contribution is -2.32. The van der Waals surface area contributed by atoms with Crippen molar-refractivity contribution in [2.24, 2.45) is 0 Å². The summed E-state index contributed by atoms with van der Waals surface area (Å²) < 4.78 is 14.4. The molecule has 2 aliphatic heterocycles. The van der Waals surface area contributed by atoms with Crippen molar-refractivity contribution < 1.29 is 9.47 Å². The molecule has 0 radical (unpaired) electrons. The molecule has 6 nitrogen and oxygen atoms in total. The van der Waals surface area contributed by atoms with Crippen LogP contribution >= 0.6 is 0 Å². The highest BCUT2D eigenvalue weighted by Gasteiger charge is 2.53. The third kappa shape index (κ3) is 10.3. The van der Waals surface area contributed by atoms with Crippen LogP contribution in [0.3, 0.4) is 0 Å². The van der Waals surface area contributed by atoms with Gasteiger partial charge in [-0.3, -0.25) is 0 Å². The molecule has 16 aromatic carbocycles. The fourth-order valence-electron chi connectivity index (χ4n) is 18.2. The molecule has 2 spiro atoms. The topological polar surface area (TPSA) is 70.0 Å². The minimum atomic E-state index is -0.679. The Labute approximate surface area is 649 Å². The molecule has 0 amide bonds. The predicted octanol–water partition coefficient (Wildman–Crippen LogP) is 26.5. The first-order valence-electron chi connectivity index (χ1n) is 38.2. The van der Waals surface area contributed by atoms with Crippen LogP contribution in [0.5, 0.6) is 23.0 Å². The van der Waals surface area contributed by atoms with E-state index < -0.39 is 10.8 Å². The van der Waals surface area contributed by atoms with Crippen LogP contribution in [0.1, 0.15) is 44.5 Å². The average molecular weight is 1430 g/mol. The second-order valence-electron chi connectivity index (χ2n) is 29.4. The SMILES string of the molecule is c1ccc(-c2cccc(-c3cc(-c4ccc(-c5ccc6c(c5)Oc5ccccc5C65c6ccccc6-c6ccccc65)cc4)nc(-c4cccc(-c5ccc6c(c5)Oc5cc(-c7ccc(-c8cc(-c9ccccc9-c9ccccc9)nc(-c9ccccc9)n8)cc7)ccc5C65c6ccccc6-c6ccccc65)c4)n3)c2)cc1. The molecule has 4 aliphatic rings. The van der Waals surface area contributed by atoms with Gasteiger partial charge in [-0.2, -0.15) is 0 Å². The monoisotopic (exact) mass is 1430 g/mol. The highest BCUT2D eigenvalue weighted by molar-refractivity contribution is 5.93. The molecule has 0 saturated heterocycles. The summed E-state index contributed by atoms with van der Waals surface area (Å²) in [5.74, 6) is 4.60. The van der Waals surface area contributed by atoms with E-state index >= 15 is 0 Å². The molecule has 112 heavy (non-hydrogen) atoms. The summed E-state index contributed by atoms with van der Waals surface area (Å²) in [7, 11) is 0. The smallest absolute Gasteiger partial charge is 0.160 e. The molecule has 6 heteroatoms. The third-order valence-corrected chi connectivity index (χ3v) is 23.3. The molecule has 0 bridgehead atoms. The maximum absolute atomic E-state index is 7.42. The summed E-state index contributed by atoms with van der Waals surface area (Å²) >= 11 is 0. The van der Waals surface area contributed by atoms with E-state index in [-0.39, 0.29) is 0 Å². The number of fused-ring (bicyclic) bond motifs is 18. The van der Waals surface area contributed by atoms with E-state index in [1.54, 1.807) is 0 Å². The van der Waals surface area contributed by atoms with Gasteiger partial charge in [-0.25, -0.2) is 19.9 Å². The molecular weight excluding hydrogens is 1360 g/mol. The number of hydrogen-bond donors (Lipinski definition) is 0. The summed E-state index contributed by atoms with van der Waals surface area (Å²) in [4.78, 5) is 21.5. The summed E-state index contributed by atoms with van der Waals surface area (Å²) in [6.07, 6.45) is 0. The van der Waals surface area contributed by atoms with Crippen molar-refractivity contribution in [3.05, 3.63) is 445 Å². The van der Waals surface area contributed by atoms with Gasteiger partial charge in [0.25, 0.3) is 0 Å².